The van der Waals surface area contributed by atoms with Crippen molar-refractivity contribution in [1.29, 1.82) is 0 Å². The van der Waals surface area contributed by atoms with Gasteiger partial charge in [0.05, 0.1) is 11.4 Å². The SMILES string of the molecule is CCC(C)NS(=O)(=O)c1cccc(C#CCN)c1. The average Bonchev–Trinajstić information content (AvgIpc) is 2.36. The molecule has 1 atom stereocenters. The molecule has 0 fully saturated rings. The van der Waals surface area contributed by atoms with Crippen LogP contribution in [0.1, 0.15) is 25.8 Å². The van der Waals surface area contributed by atoms with Crippen LogP contribution >= 0.6 is 0 Å². The van der Waals surface area contributed by atoms with Crippen molar-refractivity contribution in [3.8, 4) is 11.8 Å². The van der Waals surface area contributed by atoms with Crippen LogP contribution in [0.3, 0.4) is 0 Å². The molecule has 0 radical (unpaired) electrons. The number of sulfonamides is 1. The fraction of sp³-hybridized carbons (Fsp3) is 0.385. The second-order valence-electron chi connectivity index (χ2n) is 3.96. The van der Waals surface area contributed by atoms with Crippen molar-refractivity contribution < 1.29 is 8.42 Å². The van der Waals surface area contributed by atoms with Gasteiger partial charge in [-0.05, 0) is 31.5 Å². The highest BCUT2D eigenvalue weighted by molar-refractivity contribution is 7.89. The fourth-order valence-electron chi connectivity index (χ4n) is 1.31. The Bertz CT molecular complexity index is 556. The number of hydrogen-bond acceptors (Lipinski definition) is 3. The van der Waals surface area contributed by atoms with Crippen molar-refractivity contribution in [3.05, 3.63) is 29.8 Å². The van der Waals surface area contributed by atoms with E-state index in [2.05, 4.69) is 16.6 Å². The summed E-state index contributed by atoms with van der Waals surface area (Å²) >= 11 is 0. The molecule has 5 heteroatoms. The highest BCUT2D eigenvalue weighted by Gasteiger charge is 2.16. The van der Waals surface area contributed by atoms with Crippen LogP contribution in [0.2, 0.25) is 0 Å². The molecule has 3 N–H and O–H groups in total. The van der Waals surface area contributed by atoms with E-state index in [1.165, 1.54) is 0 Å². The second kappa shape index (κ2) is 6.55. The molecule has 0 aliphatic rings. The molecule has 0 aliphatic carbocycles. The first-order valence-electron chi connectivity index (χ1n) is 5.81. The molecule has 0 aliphatic heterocycles. The average molecular weight is 266 g/mol. The Morgan fingerprint density at radius 3 is 2.78 bits per heavy atom. The van der Waals surface area contributed by atoms with Crippen molar-refractivity contribution in [3.63, 3.8) is 0 Å². The highest BCUT2D eigenvalue weighted by Crippen LogP contribution is 2.11. The zero-order valence-electron chi connectivity index (χ0n) is 10.6. The first-order valence-corrected chi connectivity index (χ1v) is 7.29. The van der Waals surface area contributed by atoms with E-state index < -0.39 is 10.0 Å². The van der Waals surface area contributed by atoms with Gasteiger partial charge >= 0.3 is 0 Å². The maximum Gasteiger partial charge on any atom is 0.240 e. The molecule has 1 aromatic carbocycles. The van der Waals surface area contributed by atoms with E-state index in [1.807, 2.05) is 13.8 Å². The summed E-state index contributed by atoms with van der Waals surface area (Å²) in [5, 5.41) is 0. The van der Waals surface area contributed by atoms with Gasteiger partial charge in [-0.15, -0.1) is 0 Å². The minimum atomic E-state index is -3.47. The van der Waals surface area contributed by atoms with Gasteiger partial charge in [0.25, 0.3) is 0 Å². The summed E-state index contributed by atoms with van der Waals surface area (Å²) in [7, 11) is -3.47. The first kappa shape index (κ1) is 14.7. The van der Waals surface area contributed by atoms with Gasteiger partial charge in [0.15, 0.2) is 0 Å². The van der Waals surface area contributed by atoms with Gasteiger partial charge in [-0.25, -0.2) is 13.1 Å². The lowest BCUT2D eigenvalue weighted by atomic mass is 10.2. The number of rotatable bonds is 4. The standard InChI is InChI=1S/C13H18N2O2S/c1-3-11(2)15-18(16,17)13-8-4-6-12(10-13)7-5-9-14/h4,6,8,10-11,15H,3,9,14H2,1-2H3. The van der Waals surface area contributed by atoms with Crippen molar-refractivity contribution in [1.82, 2.24) is 4.72 Å². The summed E-state index contributed by atoms with van der Waals surface area (Å²) in [5.41, 5.74) is 5.93. The summed E-state index contributed by atoms with van der Waals surface area (Å²) in [6.45, 7) is 4.01. The van der Waals surface area contributed by atoms with Gasteiger partial charge in [0.1, 0.15) is 0 Å². The maximum atomic E-state index is 12.0. The third-order valence-electron chi connectivity index (χ3n) is 2.45. The Labute approximate surface area is 109 Å². The smallest absolute Gasteiger partial charge is 0.240 e. The molecule has 0 aromatic heterocycles. The molecule has 1 unspecified atom stereocenters. The molecule has 0 spiro atoms. The lowest BCUT2D eigenvalue weighted by Gasteiger charge is -2.12. The Balaban J connectivity index is 3.02. The number of benzene rings is 1. The fourth-order valence-corrected chi connectivity index (χ4v) is 2.68. The molecule has 18 heavy (non-hydrogen) atoms. The number of hydrogen-bond donors (Lipinski definition) is 2. The van der Waals surface area contributed by atoms with Crippen LogP contribution in [-0.2, 0) is 10.0 Å². The van der Waals surface area contributed by atoms with Gasteiger partial charge < -0.3 is 5.73 Å². The molecule has 0 saturated heterocycles. The third-order valence-corrected chi connectivity index (χ3v) is 4.04. The van der Waals surface area contributed by atoms with Crippen molar-refractivity contribution in [2.24, 2.45) is 5.73 Å². The largest absolute Gasteiger partial charge is 0.320 e. The molecular formula is C13H18N2O2S. The molecule has 0 heterocycles. The van der Waals surface area contributed by atoms with Crippen LogP contribution in [-0.4, -0.2) is 21.0 Å². The topological polar surface area (TPSA) is 72.2 Å². The summed E-state index contributed by atoms with van der Waals surface area (Å²) in [4.78, 5) is 0.228. The molecule has 1 rings (SSSR count). The van der Waals surface area contributed by atoms with Crippen LogP contribution in [0.5, 0.6) is 0 Å². The van der Waals surface area contributed by atoms with Crippen LogP contribution < -0.4 is 10.5 Å². The Hall–Kier alpha value is -1.35. The minimum Gasteiger partial charge on any atom is -0.320 e. The predicted molar refractivity (Wildman–Crippen MR) is 72.4 cm³/mol. The predicted octanol–water partition coefficient (Wildman–Crippen LogP) is 1.07. The molecule has 1 aromatic rings. The monoisotopic (exact) mass is 266 g/mol. The van der Waals surface area contributed by atoms with Crippen molar-refractivity contribution >= 4 is 10.0 Å². The second-order valence-corrected chi connectivity index (χ2v) is 5.68. The molecule has 4 nitrogen and oxygen atoms in total. The molecule has 0 amide bonds. The lowest BCUT2D eigenvalue weighted by Crippen LogP contribution is -2.32. The molecule has 98 valence electrons. The summed E-state index contributed by atoms with van der Waals surface area (Å²) in [6.07, 6.45) is 0.742. The van der Waals surface area contributed by atoms with E-state index in [1.54, 1.807) is 24.3 Å². The Morgan fingerprint density at radius 1 is 1.44 bits per heavy atom. The Kier molecular flexibility index (Phi) is 5.35. The normalized spacial score (nSPS) is 12.6. The maximum absolute atomic E-state index is 12.0. The van der Waals surface area contributed by atoms with Gasteiger partial charge in [0.2, 0.25) is 10.0 Å². The van der Waals surface area contributed by atoms with Crippen LogP contribution in [0.25, 0.3) is 0 Å². The molecule has 0 bridgehead atoms. The summed E-state index contributed by atoms with van der Waals surface area (Å²) < 4.78 is 26.7. The van der Waals surface area contributed by atoms with E-state index in [9.17, 15) is 8.42 Å². The van der Waals surface area contributed by atoms with Gasteiger partial charge in [0, 0.05) is 11.6 Å². The van der Waals surface area contributed by atoms with Crippen molar-refractivity contribution in [2.75, 3.05) is 6.54 Å². The first-order chi connectivity index (χ1) is 8.49. The van der Waals surface area contributed by atoms with Crippen LogP contribution in [0.15, 0.2) is 29.2 Å². The molecular weight excluding hydrogens is 248 g/mol. The van der Waals surface area contributed by atoms with E-state index in [0.29, 0.717) is 5.56 Å². The quantitative estimate of drug-likeness (QED) is 0.801. The highest BCUT2D eigenvalue weighted by atomic mass is 32.2. The van der Waals surface area contributed by atoms with Gasteiger partial charge in [-0.2, -0.15) is 0 Å². The minimum absolute atomic E-state index is 0.0891. The summed E-state index contributed by atoms with van der Waals surface area (Å²) in [6, 6.07) is 6.44. The van der Waals surface area contributed by atoms with Gasteiger partial charge in [-0.1, -0.05) is 24.8 Å². The third kappa shape index (κ3) is 4.15. The van der Waals surface area contributed by atoms with Gasteiger partial charge in [-0.3, -0.25) is 0 Å². The zero-order valence-corrected chi connectivity index (χ0v) is 11.4. The summed E-state index contributed by atoms with van der Waals surface area (Å²) in [5.74, 6) is 5.51. The number of nitrogens with two attached hydrogens (primary N) is 1. The number of nitrogens with one attached hydrogen (secondary N) is 1. The zero-order chi connectivity index (χ0) is 13.6. The Morgan fingerprint density at radius 2 is 2.17 bits per heavy atom. The lowest BCUT2D eigenvalue weighted by molar-refractivity contribution is 0.556. The van der Waals surface area contributed by atoms with E-state index in [0.717, 1.165) is 6.42 Å². The van der Waals surface area contributed by atoms with E-state index in [4.69, 9.17) is 5.73 Å². The van der Waals surface area contributed by atoms with E-state index >= 15 is 0 Å². The van der Waals surface area contributed by atoms with Crippen LogP contribution in [0.4, 0.5) is 0 Å². The van der Waals surface area contributed by atoms with Crippen LogP contribution in [0, 0.1) is 11.8 Å². The molecule has 0 saturated carbocycles. The van der Waals surface area contributed by atoms with Crippen molar-refractivity contribution in [2.45, 2.75) is 31.2 Å². The van der Waals surface area contributed by atoms with E-state index in [-0.39, 0.29) is 17.5 Å².